The minimum Gasteiger partial charge on any atom is -0.309 e. The Labute approximate surface area is 101 Å². The number of aromatic nitrogens is 3. The second-order valence-electron chi connectivity index (χ2n) is 3.89. The van der Waals surface area contributed by atoms with Crippen LogP contribution in [0.15, 0.2) is 36.1 Å². The zero-order valence-electron chi connectivity index (χ0n) is 10.4. The number of hydrogen-bond acceptors (Lipinski definition) is 2. The van der Waals surface area contributed by atoms with Crippen molar-refractivity contribution < 1.29 is 0 Å². The van der Waals surface area contributed by atoms with Gasteiger partial charge in [-0.2, -0.15) is 5.10 Å². The van der Waals surface area contributed by atoms with E-state index >= 15 is 0 Å². The van der Waals surface area contributed by atoms with Gasteiger partial charge in [0.2, 0.25) is 0 Å². The quantitative estimate of drug-likeness (QED) is 0.772. The minimum absolute atomic E-state index is 0.880. The summed E-state index contributed by atoms with van der Waals surface area (Å²) in [6.07, 6.45) is 5.78. The third-order valence-corrected chi connectivity index (χ3v) is 2.70. The van der Waals surface area contributed by atoms with Gasteiger partial charge >= 0.3 is 0 Å². The van der Waals surface area contributed by atoms with Gasteiger partial charge in [0.25, 0.3) is 0 Å². The van der Waals surface area contributed by atoms with Crippen LogP contribution < -0.4 is 5.49 Å². The third kappa shape index (κ3) is 2.06. The second kappa shape index (κ2) is 4.41. The van der Waals surface area contributed by atoms with E-state index in [-0.39, 0.29) is 0 Å². The van der Waals surface area contributed by atoms with Crippen molar-refractivity contribution in [3.05, 3.63) is 42.3 Å². The largest absolute Gasteiger partial charge is 0.309 e. The molecule has 0 saturated carbocycles. The maximum Gasteiger partial charge on any atom is 0.131 e. The van der Waals surface area contributed by atoms with Crippen LogP contribution in [0.1, 0.15) is 5.69 Å². The molecule has 2 heterocycles. The summed E-state index contributed by atoms with van der Waals surface area (Å²) in [7, 11) is 3.69. The molecule has 0 aliphatic rings. The van der Waals surface area contributed by atoms with E-state index in [2.05, 4.69) is 16.7 Å². The van der Waals surface area contributed by atoms with E-state index in [1.165, 1.54) is 0 Å². The van der Waals surface area contributed by atoms with Crippen molar-refractivity contribution in [2.45, 2.75) is 6.92 Å². The fourth-order valence-electron chi connectivity index (χ4n) is 1.89. The van der Waals surface area contributed by atoms with Gasteiger partial charge in [-0.1, -0.05) is 6.58 Å². The molecule has 17 heavy (non-hydrogen) atoms. The zero-order chi connectivity index (χ0) is 12.4. The summed E-state index contributed by atoms with van der Waals surface area (Å²) in [5.74, 6) is 0. The van der Waals surface area contributed by atoms with Gasteiger partial charge in [-0.3, -0.25) is 9.67 Å². The van der Waals surface area contributed by atoms with Crippen molar-refractivity contribution in [2.75, 3.05) is 7.05 Å². The molecule has 88 valence electrons. The van der Waals surface area contributed by atoms with Crippen LogP contribution >= 0.6 is 0 Å². The Morgan fingerprint density at radius 3 is 2.65 bits per heavy atom. The van der Waals surface area contributed by atoms with Crippen LogP contribution in [0.25, 0.3) is 17.3 Å². The van der Waals surface area contributed by atoms with E-state index in [0.717, 1.165) is 22.3 Å². The molecule has 2 rings (SSSR count). The van der Waals surface area contributed by atoms with Crippen LogP contribution in [-0.2, 0) is 7.05 Å². The molecule has 0 bridgehead atoms. The standard InChI is InChI=1S/C13H16N4/c1-5-17-8-11(6-7-13(17)14-3)12-9-16(4)15-10(12)2/h5-9H,1H2,2-4H3/b14-13-. The third-order valence-electron chi connectivity index (χ3n) is 2.70. The predicted molar refractivity (Wildman–Crippen MR) is 69.2 cm³/mol. The van der Waals surface area contributed by atoms with Crippen LogP contribution in [0.4, 0.5) is 0 Å². The summed E-state index contributed by atoms with van der Waals surface area (Å²) in [6, 6.07) is 4.02. The average molecular weight is 228 g/mol. The number of rotatable bonds is 2. The van der Waals surface area contributed by atoms with Gasteiger partial charge < -0.3 is 4.57 Å². The first-order valence-electron chi connectivity index (χ1n) is 5.44. The SMILES string of the molecule is C=Cn1cc(-c2cn(C)nc2C)cc/c1=N/C. The Balaban J connectivity index is 2.62. The smallest absolute Gasteiger partial charge is 0.131 e. The number of hydrogen-bond donors (Lipinski definition) is 0. The Kier molecular flexibility index (Phi) is 2.95. The molecule has 2 aromatic rings. The molecular weight excluding hydrogens is 212 g/mol. The first-order valence-corrected chi connectivity index (χ1v) is 5.44. The van der Waals surface area contributed by atoms with Gasteiger partial charge in [-0.25, -0.2) is 0 Å². The number of aryl methyl sites for hydroxylation is 2. The fourth-order valence-corrected chi connectivity index (χ4v) is 1.89. The van der Waals surface area contributed by atoms with E-state index in [9.17, 15) is 0 Å². The average Bonchev–Trinajstić information content (AvgIpc) is 2.67. The fraction of sp³-hybridized carbons (Fsp3) is 0.231. The molecule has 0 atom stereocenters. The summed E-state index contributed by atoms with van der Waals surface area (Å²) in [4.78, 5) is 4.17. The lowest BCUT2D eigenvalue weighted by Gasteiger charge is -2.04. The highest BCUT2D eigenvalue weighted by atomic mass is 15.2. The minimum atomic E-state index is 0.880. The maximum absolute atomic E-state index is 4.34. The lowest BCUT2D eigenvalue weighted by Crippen LogP contribution is -2.14. The summed E-state index contributed by atoms with van der Waals surface area (Å²) >= 11 is 0. The summed E-state index contributed by atoms with van der Waals surface area (Å²) in [6.45, 7) is 5.79. The molecule has 2 aromatic heterocycles. The Bertz CT molecular complexity index is 617. The van der Waals surface area contributed by atoms with E-state index < -0.39 is 0 Å². The molecule has 0 aliphatic carbocycles. The molecule has 0 fully saturated rings. The monoisotopic (exact) mass is 228 g/mol. The molecule has 0 saturated heterocycles. The molecule has 0 aliphatic heterocycles. The molecule has 0 spiro atoms. The highest BCUT2D eigenvalue weighted by molar-refractivity contribution is 5.64. The highest BCUT2D eigenvalue weighted by Crippen LogP contribution is 2.20. The van der Waals surface area contributed by atoms with E-state index in [1.807, 2.05) is 47.7 Å². The van der Waals surface area contributed by atoms with Crippen LogP contribution in [0, 0.1) is 6.92 Å². The van der Waals surface area contributed by atoms with Gasteiger partial charge in [0.15, 0.2) is 0 Å². The van der Waals surface area contributed by atoms with Crippen molar-refractivity contribution >= 4 is 6.20 Å². The molecular formula is C13H16N4. The number of pyridine rings is 1. The Morgan fingerprint density at radius 1 is 1.35 bits per heavy atom. The van der Waals surface area contributed by atoms with Gasteiger partial charge in [0.05, 0.1) is 5.69 Å². The lowest BCUT2D eigenvalue weighted by atomic mass is 10.1. The van der Waals surface area contributed by atoms with Crippen molar-refractivity contribution in [3.8, 4) is 11.1 Å². The maximum atomic E-state index is 4.34. The molecule has 0 unspecified atom stereocenters. The van der Waals surface area contributed by atoms with E-state index in [0.29, 0.717) is 0 Å². The van der Waals surface area contributed by atoms with E-state index in [4.69, 9.17) is 0 Å². The molecule has 4 nitrogen and oxygen atoms in total. The van der Waals surface area contributed by atoms with Gasteiger partial charge in [0, 0.05) is 43.8 Å². The second-order valence-corrected chi connectivity index (χ2v) is 3.89. The van der Waals surface area contributed by atoms with Gasteiger partial charge in [0.1, 0.15) is 5.49 Å². The van der Waals surface area contributed by atoms with Gasteiger partial charge in [-0.05, 0) is 19.1 Å². The van der Waals surface area contributed by atoms with Gasteiger partial charge in [-0.15, -0.1) is 0 Å². The zero-order valence-corrected chi connectivity index (χ0v) is 10.4. The summed E-state index contributed by atoms with van der Waals surface area (Å²) in [5.41, 5.74) is 4.14. The summed E-state index contributed by atoms with van der Waals surface area (Å²) in [5, 5.41) is 4.34. The van der Waals surface area contributed by atoms with Crippen molar-refractivity contribution in [3.63, 3.8) is 0 Å². The Morgan fingerprint density at radius 2 is 2.12 bits per heavy atom. The number of nitrogens with zero attached hydrogens (tertiary/aromatic N) is 4. The van der Waals surface area contributed by atoms with Crippen molar-refractivity contribution in [1.82, 2.24) is 14.3 Å². The lowest BCUT2D eigenvalue weighted by molar-refractivity contribution is 0.756. The molecule has 0 amide bonds. The molecule has 0 radical (unpaired) electrons. The first-order chi connectivity index (χ1) is 8.15. The van der Waals surface area contributed by atoms with Crippen LogP contribution in [-0.4, -0.2) is 21.4 Å². The van der Waals surface area contributed by atoms with Crippen molar-refractivity contribution in [1.29, 1.82) is 0 Å². The normalized spacial score (nSPS) is 11.8. The van der Waals surface area contributed by atoms with Crippen LogP contribution in [0.3, 0.4) is 0 Å². The molecule has 0 N–H and O–H groups in total. The Hall–Kier alpha value is -2.10. The predicted octanol–water partition coefficient (Wildman–Crippen LogP) is 1.83. The van der Waals surface area contributed by atoms with Crippen molar-refractivity contribution in [2.24, 2.45) is 12.0 Å². The first kappa shape index (κ1) is 11.4. The highest BCUT2D eigenvalue weighted by Gasteiger charge is 2.06. The molecule has 0 aromatic carbocycles. The molecule has 4 heteroatoms. The summed E-state index contributed by atoms with van der Waals surface area (Å²) < 4.78 is 3.72. The topological polar surface area (TPSA) is 35.1 Å². The van der Waals surface area contributed by atoms with E-state index in [1.54, 1.807) is 13.2 Å². The van der Waals surface area contributed by atoms with Crippen LogP contribution in [0.5, 0.6) is 0 Å². The van der Waals surface area contributed by atoms with Crippen LogP contribution in [0.2, 0.25) is 0 Å².